The Hall–Kier alpha value is -3.20. The number of methoxy groups -OCH3 is 1. The fraction of sp³-hybridized carbons (Fsp3) is 0.250. The molecule has 0 unspecified atom stereocenters. The van der Waals surface area contributed by atoms with E-state index in [0.29, 0.717) is 34.1 Å². The average Bonchev–Trinajstić information content (AvgIpc) is 3.19. The van der Waals surface area contributed by atoms with Gasteiger partial charge in [0.25, 0.3) is 5.91 Å². The predicted octanol–water partition coefficient (Wildman–Crippen LogP) is 2.32. The Morgan fingerprint density at radius 2 is 1.79 bits per heavy atom. The van der Waals surface area contributed by atoms with Gasteiger partial charge in [-0.2, -0.15) is 0 Å². The van der Waals surface area contributed by atoms with E-state index < -0.39 is 5.91 Å². The highest BCUT2D eigenvalue weighted by molar-refractivity contribution is 7.99. The van der Waals surface area contributed by atoms with Gasteiger partial charge in [-0.1, -0.05) is 0 Å². The number of thioether (sulfide) groups is 1. The summed E-state index contributed by atoms with van der Waals surface area (Å²) in [6, 6.07) is 9.96. The van der Waals surface area contributed by atoms with Gasteiger partial charge in [-0.05, 0) is 43.3 Å². The Balaban J connectivity index is 1.47. The van der Waals surface area contributed by atoms with Crippen LogP contribution in [-0.4, -0.2) is 37.3 Å². The number of Topliss-reactive ketones (excluding diaryl/α,β-unsaturated/α-hetero) is 1. The van der Waals surface area contributed by atoms with E-state index in [2.05, 4.69) is 10.9 Å². The second kappa shape index (κ2) is 9.33. The highest BCUT2D eigenvalue weighted by atomic mass is 32.2. The lowest BCUT2D eigenvalue weighted by atomic mass is 10.1. The normalized spacial score (nSPS) is 11.7. The van der Waals surface area contributed by atoms with Gasteiger partial charge in [0.1, 0.15) is 5.75 Å². The van der Waals surface area contributed by atoms with Crippen LogP contribution in [0.2, 0.25) is 0 Å². The Labute approximate surface area is 171 Å². The van der Waals surface area contributed by atoms with Crippen LogP contribution in [0, 0.1) is 0 Å². The van der Waals surface area contributed by atoms with Crippen LogP contribution in [0.15, 0.2) is 36.4 Å². The van der Waals surface area contributed by atoms with Gasteiger partial charge in [0, 0.05) is 22.4 Å². The zero-order valence-electron chi connectivity index (χ0n) is 15.9. The molecule has 1 aliphatic rings. The number of ketones is 1. The van der Waals surface area contributed by atoms with Crippen LogP contribution in [-0.2, 0) is 10.5 Å². The van der Waals surface area contributed by atoms with Gasteiger partial charge in [-0.15, -0.1) is 11.8 Å². The second-order valence-electron chi connectivity index (χ2n) is 6.15. The smallest absolute Gasteiger partial charge is 0.269 e. The molecule has 2 amide bonds. The molecule has 9 heteroatoms. The number of hydrogen-bond donors (Lipinski definition) is 2. The lowest BCUT2D eigenvalue weighted by Gasteiger charge is -2.10. The topological polar surface area (TPSA) is 103 Å². The molecule has 0 bridgehead atoms. The first-order valence-electron chi connectivity index (χ1n) is 8.72. The largest absolute Gasteiger partial charge is 0.496 e. The molecule has 2 N–H and O–H groups in total. The minimum Gasteiger partial charge on any atom is -0.496 e. The zero-order chi connectivity index (χ0) is 20.8. The number of rotatable bonds is 7. The standard InChI is InChI=1S/C20H20N2O6S/c1-12(23)13-3-5-16(26-2)15(7-13)9-29-10-19(24)21-22-20(25)14-4-6-17-18(8-14)28-11-27-17/h3-8H,9-11H2,1-2H3,(H,21,24)(H,22,25). The minimum atomic E-state index is -0.461. The molecule has 8 nitrogen and oxygen atoms in total. The van der Waals surface area contributed by atoms with E-state index in [1.54, 1.807) is 43.5 Å². The number of hydrazine groups is 1. The number of ether oxygens (including phenoxy) is 3. The summed E-state index contributed by atoms with van der Waals surface area (Å²) in [5, 5.41) is 0. The van der Waals surface area contributed by atoms with E-state index in [0.717, 1.165) is 5.56 Å². The number of benzene rings is 2. The quantitative estimate of drug-likeness (QED) is 0.527. The molecule has 0 saturated heterocycles. The molecule has 0 atom stereocenters. The van der Waals surface area contributed by atoms with Gasteiger partial charge in [0.2, 0.25) is 12.7 Å². The van der Waals surface area contributed by atoms with Crippen molar-refractivity contribution < 1.29 is 28.6 Å². The first-order chi connectivity index (χ1) is 14.0. The lowest BCUT2D eigenvalue weighted by molar-refractivity contribution is -0.119. The molecular formula is C20H20N2O6S. The van der Waals surface area contributed by atoms with Crippen LogP contribution in [0.5, 0.6) is 17.2 Å². The molecule has 1 heterocycles. The molecule has 0 fully saturated rings. The third-order valence-electron chi connectivity index (χ3n) is 4.13. The van der Waals surface area contributed by atoms with Crippen LogP contribution >= 0.6 is 11.8 Å². The third kappa shape index (κ3) is 5.20. The van der Waals surface area contributed by atoms with Gasteiger partial charge in [0.05, 0.1) is 12.9 Å². The van der Waals surface area contributed by atoms with Crippen LogP contribution in [0.4, 0.5) is 0 Å². The Morgan fingerprint density at radius 1 is 1.03 bits per heavy atom. The Kier molecular flexibility index (Phi) is 6.61. The number of nitrogens with one attached hydrogen (secondary N) is 2. The Bertz CT molecular complexity index is 947. The van der Waals surface area contributed by atoms with Crippen molar-refractivity contribution in [2.24, 2.45) is 0 Å². The monoisotopic (exact) mass is 416 g/mol. The van der Waals surface area contributed by atoms with Crippen LogP contribution < -0.4 is 25.1 Å². The van der Waals surface area contributed by atoms with Crippen molar-refractivity contribution in [3.8, 4) is 17.2 Å². The number of carbonyl (C=O) groups is 3. The molecule has 2 aromatic rings. The van der Waals surface area contributed by atoms with Gasteiger partial charge < -0.3 is 14.2 Å². The molecule has 152 valence electrons. The summed E-state index contributed by atoms with van der Waals surface area (Å²) in [6.45, 7) is 1.61. The second-order valence-corrected chi connectivity index (χ2v) is 7.13. The fourth-order valence-corrected chi connectivity index (χ4v) is 3.44. The number of hydrogen-bond acceptors (Lipinski definition) is 7. The van der Waals surface area contributed by atoms with E-state index >= 15 is 0 Å². The van der Waals surface area contributed by atoms with Crippen LogP contribution in [0.3, 0.4) is 0 Å². The van der Waals surface area contributed by atoms with Crippen LogP contribution in [0.1, 0.15) is 33.2 Å². The van der Waals surface area contributed by atoms with Crippen molar-refractivity contribution in [1.82, 2.24) is 10.9 Å². The summed E-state index contributed by atoms with van der Waals surface area (Å²) in [6.07, 6.45) is 0. The van der Waals surface area contributed by atoms with Crippen molar-refractivity contribution in [3.05, 3.63) is 53.1 Å². The summed E-state index contributed by atoms with van der Waals surface area (Å²) in [7, 11) is 1.55. The third-order valence-corrected chi connectivity index (χ3v) is 5.11. The first-order valence-corrected chi connectivity index (χ1v) is 9.88. The molecule has 0 aromatic heterocycles. The molecule has 0 saturated carbocycles. The zero-order valence-corrected chi connectivity index (χ0v) is 16.8. The van der Waals surface area contributed by atoms with E-state index in [9.17, 15) is 14.4 Å². The first kappa shape index (κ1) is 20.5. The number of carbonyl (C=O) groups excluding carboxylic acids is 3. The molecule has 0 radical (unpaired) electrons. The van der Waals surface area contributed by atoms with E-state index in [-0.39, 0.29) is 24.2 Å². The van der Waals surface area contributed by atoms with Crippen molar-refractivity contribution in [3.63, 3.8) is 0 Å². The molecule has 3 rings (SSSR count). The summed E-state index contributed by atoms with van der Waals surface area (Å²) in [5.41, 5.74) is 6.49. The summed E-state index contributed by atoms with van der Waals surface area (Å²) in [4.78, 5) is 35.7. The van der Waals surface area contributed by atoms with Crippen molar-refractivity contribution in [2.45, 2.75) is 12.7 Å². The Morgan fingerprint density at radius 3 is 2.55 bits per heavy atom. The van der Waals surface area contributed by atoms with Gasteiger partial charge in [-0.3, -0.25) is 25.2 Å². The summed E-state index contributed by atoms with van der Waals surface area (Å²) in [5.74, 6) is 1.46. The number of fused-ring (bicyclic) bond motifs is 1. The fourth-order valence-electron chi connectivity index (χ4n) is 2.64. The lowest BCUT2D eigenvalue weighted by Crippen LogP contribution is -2.42. The minimum absolute atomic E-state index is 0.0390. The van der Waals surface area contributed by atoms with Crippen molar-refractivity contribution in [2.75, 3.05) is 19.7 Å². The van der Waals surface area contributed by atoms with Gasteiger partial charge >= 0.3 is 0 Å². The van der Waals surface area contributed by atoms with Gasteiger partial charge in [0.15, 0.2) is 17.3 Å². The molecular weight excluding hydrogens is 396 g/mol. The van der Waals surface area contributed by atoms with E-state index in [1.807, 2.05) is 0 Å². The summed E-state index contributed by atoms with van der Waals surface area (Å²) < 4.78 is 15.7. The summed E-state index contributed by atoms with van der Waals surface area (Å²) >= 11 is 1.34. The highest BCUT2D eigenvalue weighted by Gasteiger charge is 2.16. The molecule has 0 spiro atoms. The maximum Gasteiger partial charge on any atom is 0.269 e. The van der Waals surface area contributed by atoms with E-state index in [1.165, 1.54) is 18.7 Å². The predicted molar refractivity (Wildman–Crippen MR) is 107 cm³/mol. The molecule has 1 aliphatic heterocycles. The SMILES string of the molecule is COc1ccc(C(C)=O)cc1CSCC(=O)NNC(=O)c1ccc2c(c1)OCO2. The molecule has 2 aromatic carbocycles. The van der Waals surface area contributed by atoms with E-state index in [4.69, 9.17) is 14.2 Å². The average molecular weight is 416 g/mol. The highest BCUT2D eigenvalue weighted by Crippen LogP contribution is 2.32. The molecule has 29 heavy (non-hydrogen) atoms. The van der Waals surface area contributed by atoms with Crippen molar-refractivity contribution >= 4 is 29.4 Å². The van der Waals surface area contributed by atoms with Crippen molar-refractivity contribution in [1.29, 1.82) is 0 Å². The maximum absolute atomic E-state index is 12.2. The maximum atomic E-state index is 12.2. The molecule has 0 aliphatic carbocycles. The van der Waals surface area contributed by atoms with Crippen LogP contribution in [0.25, 0.3) is 0 Å². The number of amides is 2. The van der Waals surface area contributed by atoms with Gasteiger partial charge in [-0.25, -0.2) is 0 Å².